The third kappa shape index (κ3) is 2.23. The second-order valence-electron chi connectivity index (χ2n) is 3.30. The molecule has 0 radical (unpaired) electrons. The van der Waals surface area contributed by atoms with Crippen LogP contribution in [-0.2, 0) is 0 Å². The third-order valence-electron chi connectivity index (χ3n) is 2.11. The number of nitrogens with zero attached hydrogens (tertiary/aromatic N) is 1. The summed E-state index contributed by atoms with van der Waals surface area (Å²) in [5, 5.41) is 6.90. The fraction of sp³-hybridized carbons (Fsp3) is 0.0909. The molecule has 1 aromatic heterocycles. The highest BCUT2D eigenvalue weighted by Crippen LogP contribution is 2.19. The zero-order valence-electron chi connectivity index (χ0n) is 8.53. The van der Waals surface area contributed by atoms with Gasteiger partial charge in [-0.3, -0.25) is 4.79 Å². The van der Waals surface area contributed by atoms with Gasteiger partial charge in [-0.05, 0) is 30.7 Å². The molecule has 82 valence electrons. The van der Waals surface area contributed by atoms with Gasteiger partial charge in [-0.25, -0.2) is 0 Å². The Bertz CT molecular complexity index is 509. The van der Waals surface area contributed by atoms with Crippen LogP contribution in [0.3, 0.4) is 0 Å². The molecule has 0 aliphatic carbocycles. The number of carbonyl (C=O) groups is 1. The fourth-order valence-corrected chi connectivity index (χ4v) is 1.51. The van der Waals surface area contributed by atoms with Gasteiger partial charge in [0.1, 0.15) is 6.26 Å². The molecule has 1 N–H and O–H groups in total. The van der Waals surface area contributed by atoms with Crippen molar-refractivity contribution in [3.05, 3.63) is 46.8 Å². The van der Waals surface area contributed by atoms with Gasteiger partial charge >= 0.3 is 0 Å². The van der Waals surface area contributed by atoms with Gasteiger partial charge in [-0.15, -0.1) is 0 Å². The molecular weight excluding hydrogens is 228 g/mol. The van der Waals surface area contributed by atoms with E-state index in [1.54, 1.807) is 18.2 Å². The minimum atomic E-state index is -0.306. The second kappa shape index (κ2) is 4.37. The number of aromatic nitrogens is 1. The molecule has 2 rings (SSSR count). The average molecular weight is 237 g/mol. The maximum atomic E-state index is 11.6. The number of aryl methyl sites for hydroxylation is 1. The lowest BCUT2D eigenvalue weighted by atomic mass is 10.2. The van der Waals surface area contributed by atoms with Gasteiger partial charge in [0.25, 0.3) is 5.91 Å². The normalized spacial score (nSPS) is 10.1. The van der Waals surface area contributed by atoms with Crippen LogP contribution in [0.2, 0.25) is 5.02 Å². The number of halogens is 1. The Morgan fingerprint density at radius 1 is 1.44 bits per heavy atom. The smallest absolute Gasteiger partial charge is 0.277 e. The first-order valence-electron chi connectivity index (χ1n) is 4.65. The van der Waals surface area contributed by atoms with Crippen LogP contribution in [-0.4, -0.2) is 11.1 Å². The van der Waals surface area contributed by atoms with Crippen molar-refractivity contribution in [2.24, 2.45) is 0 Å². The van der Waals surface area contributed by atoms with Gasteiger partial charge in [0.05, 0.1) is 0 Å². The van der Waals surface area contributed by atoms with Crippen molar-refractivity contribution >= 4 is 23.2 Å². The molecular formula is C11H9ClN2O2. The van der Waals surface area contributed by atoms with Crippen LogP contribution in [0.5, 0.6) is 0 Å². The van der Waals surface area contributed by atoms with Gasteiger partial charge in [0.2, 0.25) is 0 Å². The highest BCUT2D eigenvalue weighted by atomic mass is 35.5. The van der Waals surface area contributed by atoms with E-state index < -0.39 is 0 Å². The van der Waals surface area contributed by atoms with Crippen LogP contribution >= 0.6 is 11.6 Å². The van der Waals surface area contributed by atoms with Crippen LogP contribution < -0.4 is 5.32 Å². The average Bonchev–Trinajstić information content (AvgIpc) is 2.75. The Balaban J connectivity index is 2.18. The number of carbonyl (C=O) groups excluding carboxylic acids is 1. The van der Waals surface area contributed by atoms with Gasteiger partial charge in [0, 0.05) is 16.8 Å². The first kappa shape index (κ1) is 10.7. The monoisotopic (exact) mass is 236 g/mol. The molecule has 0 aliphatic heterocycles. The number of amides is 1. The summed E-state index contributed by atoms with van der Waals surface area (Å²) in [5.74, 6) is -0.306. The summed E-state index contributed by atoms with van der Waals surface area (Å²) < 4.78 is 4.59. The van der Waals surface area contributed by atoms with E-state index in [0.29, 0.717) is 10.7 Å². The largest absolute Gasteiger partial charge is 0.364 e. The van der Waals surface area contributed by atoms with Crippen molar-refractivity contribution in [1.82, 2.24) is 5.16 Å². The highest BCUT2D eigenvalue weighted by Gasteiger charge is 2.10. The summed E-state index contributed by atoms with van der Waals surface area (Å²) in [6.07, 6.45) is 1.35. The molecule has 0 unspecified atom stereocenters. The standard InChI is InChI=1S/C11H9ClN2O2/c1-7-6-8(12)2-3-9(7)13-11(15)10-4-5-16-14-10/h2-6H,1H3,(H,13,15). The quantitative estimate of drug-likeness (QED) is 0.872. The van der Waals surface area contributed by atoms with E-state index in [4.69, 9.17) is 11.6 Å². The Hall–Kier alpha value is -1.81. The van der Waals surface area contributed by atoms with Crippen molar-refractivity contribution in [2.75, 3.05) is 5.32 Å². The molecule has 0 bridgehead atoms. The minimum absolute atomic E-state index is 0.245. The zero-order chi connectivity index (χ0) is 11.5. The Morgan fingerprint density at radius 3 is 2.88 bits per heavy atom. The number of benzene rings is 1. The molecule has 0 atom stereocenters. The molecule has 4 nitrogen and oxygen atoms in total. The lowest BCUT2D eigenvalue weighted by Crippen LogP contribution is -2.12. The summed E-state index contributed by atoms with van der Waals surface area (Å²) in [6.45, 7) is 1.87. The SMILES string of the molecule is Cc1cc(Cl)ccc1NC(=O)c1ccon1. The molecule has 1 amide bonds. The van der Waals surface area contributed by atoms with Crippen LogP contribution in [0.25, 0.3) is 0 Å². The maximum Gasteiger partial charge on any atom is 0.277 e. The Labute approximate surface area is 97.2 Å². The molecule has 0 saturated heterocycles. The van der Waals surface area contributed by atoms with Crippen molar-refractivity contribution in [3.63, 3.8) is 0 Å². The number of rotatable bonds is 2. The Morgan fingerprint density at radius 2 is 2.25 bits per heavy atom. The summed E-state index contributed by atoms with van der Waals surface area (Å²) in [7, 11) is 0. The topological polar surface area (TPSA) is 55.1 Å². The number of hydrogen-bond acceptors (Lipinski definition) is 3. The lowest BCUT2D eigenvalue weighted by Gasteiger charge is -2.06. The molecule has 0 spiro atoms. The van der Waals surface area contributed by atoms with E-state index in [2.05, 4.69) is 15.0 Å². The van der Waals surface area contributed by atoms with E-state index in [0.717, 1.165) is 5.56 Å². The molecule has 0 fully saturated rings. The van der Waals surface area contributed by atoms with Gasteiger partial charge in [-0.1, -0.05) is 16.8 Å². The highest BCUT2D eigenvalue weighted by molar-refractivity contribution is 6.30. The molecule has 0 aliphatic rings. The maximum absolute atomic E-state index is 11.6. The number of hydrogen-bond donors (Lipinski definition) is 1. The summed E-state index contributed by atoms with van der Waals surface area (Å²) in [6, 6.07) is 6.74. The van der Waals surface area contributed by atoms with Crippen molar-refractivity contribution in [3.8, 4) is 0 Å². The first-order chi connectivity index (χ1) is 7.66. The third-order valence-corrected chi connectivity index (χ3v) is 2.34. The summed E-state index contributed by atoms with van der Waals surface area (Å²) >= 11 is 5.81. The van der Waals surface area contributed by atoms with E-state index in [-0.39, 0.29) is 11.6 Å². The molecule has 2 aromatic rings. The first-order valence-corrected chi connectivity index (χ1v) is 5.02. The molecule has 1 aromatic carbocycles. The van der Waals surface area contributed by atoms with Crippen LogP contribution in [0.15, 0.2) is 35.1 Å². The molecule has 16 heavy (non-hydrogen) atoms. The summed E-state index contributed by atoms with van der Waals surface area (Å²) in [4.78, 5) is 11.6. The predicted octanol–water partition coefficient (Wildman–Crippen LogP) is 2.89. The van der Waals surface area contributed by atoms with Crippen molar-refractivity contribution < 1.29 is 9.32 Å². The van der Waals surface area contributed by atoms with E-state index in [1.165, 1.54) is 12.3 Å². The van der Waals surface area contributed by atoms with Gasteiger partial charge < -0.3 is 9.84 Å². The minimum Gasteiger partial charge on any atom is -0.364 e. The Kier molecular flexibility index (Phi) is 2.92. The van der Waals surface area contributed by atoms with Gasteiger partial charge in [0.15, 0.2) is 5.69 Å². The second-order valence-corrected chi connectivity index (χ2v) is 3.73. The molecule has 0 saturated carbocycles. The van der Waals surface area contributed by atoms with Gasteiger partial charge in [-0.2, -0.15) is 0 Å². The summed E-state index contributed by atoms with van der Waals surface area (Å²) in [5.41, 5.74) is 1.84. The number of nitrogens with one attached hydrogen (secondary N) is 1. The number of anilines is 1. The predicted molar refractivity (Wildman–Crippen MR) is 60.6 cm³/mol. The molecule has 5 heteroatoms. The fourth-order valence-electron chi connectivity index (χ4n) is 1.28. The zero-order valence-corrected chi connectivity index (χ0v) is 9.28. The van der Waals surface area contributed by atoms with Crippen LogP contribution in [0.4, 0.5) is 5.69 Å². The van der Waals surface area contributed by atoms with Crippen LogP contribution in [0.1, 0.15) is 16.1 Å². The van der Waals surface area contributed by atoms with E-state index >= 15 is 0 Å². The molecule has 1 heterocycles. The van der Waals surface area contributed by atoms with Crippen molar-refractivity contribution in [1.29, 1.82) is 0 Å². The van der Waals surface area contributed by atoms with Crippen LogP contribution in [0, 0.1) is 6.92 Å². The van der Waals surface area contributed by atoms with E-state index in [9.17, 15) is 4.79 Å². The van der Waals surface area contributed by atoms with E-state index in [1.807, 2.05) is 6.92 Å². The van der Waals surface area contributed by atoms with Crippen molar-refractivity contribution in [2.45, 2.75) is 6.92 Å². The lowest BCUT2D eigenvalue weighted by molar-refractivity contribution is 0.101.